The highest BCUT2D eigenvalue weighted by atomic mass is 35.5. The third-order valence-electron chi connectivity index (χ3n) is 3.52. The Hall–Kier alpha value is -3.06. The SMILES string of the molecule is COC(=O)c1ccc2c(c1)oc(=O)n2CC(=O)Nc1ccc(Cl)cc1. The Morgan fingerprint density at radius 1 is 1.20 bits per heavy atom. The van der Waals surface area contributed by atoms with Crippen LogP contribution in [0.2, 0.25) is 5.02 Å². The Kier molecular flexibility index (Phi) is 4.58. The van der Waals surface area contributed by atoms with E-state index in [4.69, 9.17) is 16.0 Å². The summed E-state index contributed by atoms with van der Waals surface area (Å²) < 4.78 is 10.9. The highest BCUT2D eigenvalue weighted by Crippen LogP contribution is 2.17. The first-order valence-corrected chi connectivity index (χ1v) is 7.63. The van der Waals surface area contributed by atoms with E-state index in [-0.39, 0.29) is 17.7 Å². The van der Waals surface area contributed by atoms with E-state index in [1.165, 1.54) is 29.9 Å². The molecule has 1 aromatic heterocycles. The summed E-state index contributed by atoms with van der Waals surface area (Å²) in [6.45, 7) is -0.230. The number of halogens is 1. The summed E-state index contributed by atoms with van der Waals surface area (Å²) >= 11 is 5.79. The standard InChI is InChI=1S/C17H13ClN2O5/c1-24-16(22)10-2-7-13-14(8-10)25-17(23)20(13)9-15(21)19-12-5-3-11(18)4-6-12/h2-8H,9H2,1H3,(H,19,21). The van der Waals surface area contributed by atoms with Crippen molar-refractivity contribution in [1.29, 1.82) is 0 Å². The van der Waals surface area contributed by atoms with Crippen molar-refractivity contribution in [1.82, 2.24) is 4.57 Å². The number of benzene rings is 2. The van der Waals surface area contributed by atoms with Crippen molar-refractivity contribution < 1.29 is 18.7 Å². The highest BCUT2D eigenvalue weighted by Gasteiger charge is 2.15. The molecule has 0 radical (unpaired) electrons. The highest BCUT2D eigenvalue weighted by molar-refractivity contribution is 6.30. The largest absolute Gasteiger partial charge is 0.465 e. The van der Waals surface area contributed by atoms with Crippen LogP contribution < -0.4 is 11.1 Å². The van der Waals surface area contributed by atoms with Crippen LogP contribution in [0.4, 0.5) is 5.69 Å². The molecule has 0 bridgehead atoms. The molecule has 1 N–H and O–H groups in total. The molecule has 8 heteroatoms. The summed E-state index contributed by atoms with van der Waals surface area (Å²) in [4.78, 5) is 35.7. The first-order valence-electron chi connectivity index (χ1n) is 7.25. The van der Waals surface area contributed by atoms with Crippen LogP contribution in [-0.2, 0) is 16.1 Å². The zero-order valence-electron chi connectivity index (χ0n) is 13.1. The number of nitrogens with zero attached hydrogens (tertiary/aromatic N) is 1. The number of hydrogen-bond donors (Lipinski definition) is 1. The quantitative estimate of drug-likeness (QED) is 0.722. The Balaban J connectivity index is 1.84. The molecule has 1 heterocycles. The monoisotopic (exact) mass is 360 g/mol. The Morgan fingerprint density at radius 3 is 2.60 bits per heavy atom. The molecule has 0 fully saturated rings. The zero-order valence-corrected chi connectivity index (χ0v) is 13.9. The third kappa shape index (κ3) is 3.56. The minimum Gasteiger partial charge on any atom is -0.465 e. The van der Waals surface area contributed by atoms with E-state index in [1.807, 2.05) is 0 Å². The van der Waals surface area contributed by atoms with E-state index < -0.39 is 17.6 Å². The fourth-order valence-electron chi connectivity index (χ4n) is 2.34. The van der Waals surface area contributed by atoms with Gasteiger partial charge < -0.3 is 14.5 Å². The second-order valence-corrected chi connectivity index (χ2v) is 5.62. The van der Waals surface area contributed by atoms with Gasteiger partial charge in [0.05, 0.1) is 18.2 Å². The maximum atomic E-state index is 12.2. The first-order chi connectivity index (χ1) is 12.0. The van der Waals surface area contributed by atoms with Crippen LogP contribution in [0, 0.1) is 0 Å². The molecular weight excluding hydrogens is 348 g/mol. The molecule has 3 rings (SSSR count). The van der Waals surface area contributed by atoms with E-state index >= 15 is 0 Å². The van der Waals surface area contributed by atoms with Crippen molar-refractivity contribution in [2.24, 2.45) is 0 Å². The molecule has 7 nitrogen and oxygen atoms in total. The topological polar surface area (TPSA) is 90.5 Å². The third-order valence-corrected chi connectivity index (χ3v) is 3.77. The second-order valence-electron chi connectivity index (χ2n) is 5.18. The van der Waals surface area contributed by atoms with Gasteiger partial charge in [0.2, 0.25) is 5.91 Å². The molecule has 0 unspecified atom stereocenters. The molecule has 3 aromatic rings. The Morgan fingerprint density at radius 2 is 1.92 bits per heavy atom. The van der Waals surface area contributed by atoms with Gasteiger partial charge in [0.25, 0.3) is 0 Å². The molecule has 25 heavy (non-hydrogen) atoms. The van der Waals surface area contributed by atoms with Gasteiger partial charge in [-0.15, -0.1) is 0 Å². The van der Waals surface area contributed by atoms with Crippen LogP contribution in [-0.4, -0.2) is 23.6 Å². The van der Waals surface area contributed by atoms with Gasteiger partial charge in [-0.2, -0.15) is 0 Å². The number of nitrogens with one attached hydrogen (secondary N) is 1. The lowest BCUT2D eigenvalue weighted by Crippen LogP contribution is -2.24. The summed E-state index contributed by atoms with van der Waals surface area (Å²) in [5.41, 5.74) is 1.42. The van der Waals surface area contributed by atoms with Crippen LogP contribution in [0.1, 0.15) is 10.4 Å². The molecule has 0 atom stereocenters. The molecule has 0 aliphatic heterocycles. The molecule has 0 spiro atoms. The number of carbonyl (C=O) groups is 2. The lowest BCUT2D eigenvalue weighted by Gasteiger charge is -2.06. The van der Waals surface area contributed by atoms with E-state index in [0.717, 1.165) is 0 Å². The smallest absolute Gasteiger partial charge is 0.420 e. The Labute approximate surface area is 146 Å². The van der Waals surface area contributed by atoms with Crippen molar-refractivity contribution in [3.8, 4) is 0 Å². The fourth-order valence-corrected chi connectivity index (χ4v) is 2.46. The zero-order chi connectivity index (χ0) is 18.0. The van der Waals surface area contributed by atoms with Crippen molar-refractivity contribution in [2.45, 2.75) is 6.54 Å². The number of amides is 1. The van der Waals surface area contributed by atoms with Crippen LogP contribution in [0.25, 0.3) is 11.1 Å². The lowest BCUT2D eigenvalue weighted by molar-refractivity contribution is -0.116. The van der Waals surface area contributed by atoms with Gasteiger partial charge in [0.15, 0.2) is 5.58 Å². The van der Waals surface area contributed by atoms with Gasteiger partial charge in [-0.3, -0.25) is 9.36 Å². The molecular formula is C17H13ClN2O5. The number of methoxy groups -OCH3 is 1. The maximum Gasteiger partial charge on any atom is 0.420 e. The maximum absolute atomic E-state index is 12.2. The summed E-state index contributed by atoms with van der Waals surface area (Å²) in [6.07, 6.45) is 0. The minimum absolute atomic E-state index is 0.201. The molecule has 0 aliphatic rings. The lowest BCUT2D eigenvalue weighted by atomic mass is 10.2. The van der Waals surface area contributed by atoms with Gasteiger partial charge in [0, 0.05) is 10.7 Å². The summed E-state index contributed by atoms with van der Waals surface area (Å²) in [7, 11) is 1.26. The predicted octanol–water partition coefficient (Wildman–Crippen LogP) is 2.67. The molecule has 0 aliphatic carbocycles. The Bertz CT molecular complexity index is 1000. The predicted molar refractivity (Wildman–Crippen MR) is 91.9 cm³/mol. The van der Waals surface area contributed by atoms with Gasteiger partial charge in [-0.25, -0.2) is 9.59 Å². The fraction of sp³-hybridized carbons (Fsp3) is 0.118. The molecule has 1 amide bonds. The molecule has 2 aromatic carbocycles. The van der Waals surface area contributed by atoms with Gasteiger partial charge in [-0.1, -0.05) is 11.6 Å². The number of carbonyl (C=O) groups excluding carboxylic acids is 2. The van der Waals surface area contributed by atoms with E-state index in [1.54, 1.807) is 24.3 Å². The molecule has 0 saturated heterocycles. The second kappa shape index (κ2) is 6.82. The molecule has 128 valence electrons. The summed E-state index contributed by atoms with van der Waals surface area (Å²) in [5.74, 6) is -1.63. The number of rotatable bonds is 4. The van der Waals surface area contributed by atoms with Crippen molar-refractivity contribution in [3.63, 3.8) is 0 Å². The number of oxazole rings is 1. The minimum atomic E-state index is -0.691. The average molecular weight is 361 g/mol. The summed E-state index contributed by atoms with van der Waals surface area (Å²) in [6, 6.07) is 11.0. The van der Waals surface area contributed by atoms with Crippen molar-refractivity contribution in [3.05, 3.63) is 63.6 Å². The average Bonchev–Trinajstić information content (AvgIpc) is 2.91. The van der Waals surface area contributed by atoms with E-state index in [2.05, 4.69) is 10.1 Å². The van der Waals surface area contributed by atoms with Crippen LogP contribution >= 0.6 is 11.6 Å². The molecule has 0 saturated carbocycles. The van der Waals surface area contributed by atoms with Gasteiger partial charge in [-0.05, 0) is 42.5 Å². The van der Waals surface area contributed by atoms with Crippen molar-refractivity contribution in [2.75, 3.05) is 12.4 Å². The first kappa shape index (κ1) is 16.8. The van der Waals surface area contributed by atoms with Crippen molar-refractivity contribution >= 4 is 40.3 Å². The van der Waals surface area contributed by atoms with Crippen LogP contribution in [0.15, 0.2) is 51.7 Å². The number of hydrogen-bond acceptors (Lipinski definition) is 5. The number of fused-ring (bicyclic) bond motifs is 1. The number of ether oxygens (including phenoxy) is 1. The van der Waals surface area contributed by atoms with E-state index in [0.29, 0.717) is 16.2 Å². The van der Waals surface area contributed by atoms with Crippen LogP contribution in [0.3, 0.4) is 0 Å². The van der Waals surface area contributed by atoms with E-state index in [9.17, 15) is 14.4 Å². The number of esters is 1. The number of aromatic nitrogens is 1. The van der Waals surface area contributed by atoms with Gasteiger partial charge in [0.1, 0.15) is 6.54 Å². The van der Waals surface area contributed by atoms with Gasteiger partial charge >= 0.3 is 11.7 Å². The summed E-state index contributed by atoms with van der Waals surface area (Å²) in [5, 5.41) is 3.22. The normalized spacial score (nSPS) is 10.6. The van der Waals surface area contributed by atoms with Crippen LogP contribution in [0.5, 0.6) is 0 Å². The number of anilines is 1.